The predicted octanol–water partition coefficient (Wildman–Crippen LogP) is 2.25. The molecule has 118 valence electrons. The maximum atomic E-state index is 14.0. The fraction of sp³-hybridized carbons (Fsp3) is 0.400. The summed E-state index contributed by atoms with van der Waals surface area (Å²) in [6, 6.07) is 4.48. The van der Waals surface area contributed by atoms with Gasteiger partial charge >= 0.3 is 0 Å². The van der Waals surface area contributed by atoms with Crippen molar-refractivity contribution in [3.8, 4) is 5.69 Å². The van der Waals surface area contributed by atoms with Gasteiger partial charge in [-0.2, -0.15) is 5.10 Å². The average molecular weight is 305 g/mol. The van der Waals surface area contributed by atoms with Gasteiger partial charge in [0.2, 0.25) is 5.91 Å². The molecule has 2 aromatic rings. The van der Waals surface area contributed by atoms with E-state index in [0.29, 0.717) is 18.7 Å². The van der Waals surface area contributed by atoms with Crippen molar-refractivity contribution in [1.29, 1.82) is 0 Å². The lowest BCUT2D eigenvalue weighted by molar-refractivity contribution is -0.116. The second-order valence-corrected chi connectivity index (χ2v) is 5.01. The van der Waals surface area contributed by atoms with Gasteiger partial charge in [-0.15, -0.1) is 0 Å². The second-order valence-electron chi connectivity index (χ2n) is 5.01. The summed E-state index contributed by atoms with van der Waals surface area (Å²) in [6.45, 7) is 0.684. The molecule has 0 unspecified atom stereocenters. The Morgan fingerprint density at radius 3 is 2.77 bits per heavy atom. The van der Waals surface area contributed by atoms with E-state index in [2.05, 4.69) is 15.4 Å². The van der Waals surface area contributed by atoms with Crippen molar-refractivity contribution in [2.45, 2.75) is 32.1 Å². The normalized spacial score (nSPS) is 10.6. The molecule has 1 heterocycles. The standard InChI is InChI=1S/C15H20FN5O/c16-13-9-12(6-7-14(13)21-11-18-10-19-21)20-15(22)5-3-1-2-4-8-17/h6-7,9-11H,1-5,8,17H2,(H,20,22). The van der Waals surface area contributed by atoms with E-state index in [4.69, 9.17) is 5.73 Å². The van der Waals surface area contributed by atoms with Gasteiger partial charge in [-0.25, -0.2) is 14.1 Å². The Bertz CT molecular complexity index is 600. The summed E-state index contributed by atoms with van der Waals surface area (Å²) in [5.74, 6) is -0.577. The van der Waals surface area contributed by atoms with Gasteiger partial charge in [0.15, 0.2) is 5.82 Å². The molecule has 0 saturated heterocycles. The molecule has 0 aliphatic carbocycles. The van der Waals surface area contributed by atoms with Gasteiger partial charge in [-0.05, 0) is 37.6 Å². The third-order valence-electron chi connectivity index (χ3n) is 3.25. The molecule has 0 bridgehead atoms. The van der Waals surface area contributed by atoms with Crippen LogP contribution in [0.2, 0.25) is 0 Å². The molecule has 0 aliphatic rings. The topological polar surface area (TPSA) is 85.8 Å². The number of anilines is 1. The Morgan fingerprint density at radius 2 is 2.09 bits per heavy atom. The minimum absolute atomic E-state index is 0.111. The highest BCUT2D eigenvalue weighted by molar-refractivity contribution is 5.90. The van der Waals surface area contributed by atoms with Gasteiger partial charge in [-0.1, -0.05) is 12.8 Å². The van der Waals surface area contributed by atoms with Crippen LogP contribution < -0.4 is 11.1 Å². The Kier molecular flexibility index (Phi) is 6.02. The lowest BCUT2D eigenvalue weighted by atomic mass is 10.1. The van der Waals surface area contributed by atoms with Crippen LogP contribution in [0.15, 0.2) is 30.9 Å². The molecule has 0 spiro atoms. The van der Waals surface area contributed by atoms with E-state index in [0.717, 1.165) is 25.7 Å². The molecule has 1 aromatic carbocycles. The van der Waals surface area contributed by atoms with Crippen LogP contribution in [0.3, 0.4) is 0 Å². The zero-order valence-corrected chi connectivity index (χ0v) is 12.3. The number of unbranched alkanes of at least 4 members (excludes halogenated alkanes) is 3. The number of hydrogen-bond acceptors (Lipinski definition) is 4. The van der Waals surface area contributed by atoms with Crippen molar-refractivity contribution in [2.75, 3.05) is 11.9 Å². The number of nitrogens with two attached hydrogens (primary N) is 1. The molecule has 6 nitrogen and oxygen atoms in total. The summed E-state index contributed by atoms with van der Waals surface area (Å²) < 4.78 is 15.3. The van der Waals surface area contributed by atoms with E-state index in [1.165, 1.54) is 23.4 Å². The monoisotopic (exact) mass is 305 g/mol. The largest absolute Gasteiger partial charge is 0.330 e. The second kappa shape index (κ2) is 8.23. The third kappa shape index (κ3) is 4.63. The molecule has 2 rings (SSSR count). The molecule has 22 heavy (non-hydrogen) atoms. The Labute approximate surface area is 128 Å². The summed E-state index contributed by atoms with van der Waals surface area (Å²) in [5, 5.41) is 6.57. The summed E-state index contributed by atoms with van der Waals surface area (Å²) in [5.41, 5.74) is 6.14. The average Bonchev–Trinajstić information content (AvgIpc) is 3.01. The van der Waals surface area contributed by atoms with Gasteiger partial charge in [0, 0.05) is 12.1 Å². The first-order valence-electron chi connectivity index (χ1n) is 7.35. The molecule has 0 aliphatic heterocycles. The summed E-state index contributed by atoms with van der Waals surface area (Å²) in [4.78, 5) is 15.6. The first kappa shape index (κ1) is 16.1. The van der Waals surface area contributed by atoms with Crippen LogP contribution in [-0.2, 0) is 4.79 Å². The van der Waals surface area contributed by atoms with E-state index in [1.807, 2.05) is 0 Å². The van der Waals surface area contributed by atoms with Crippen molar-refractivity contribution in [3.63, 3.8) is 0 Å². The maximum Gasteiger partial charge on any atom is 0.224 e. The van der Waals surface area contributed by atoms with Crippen LogP contribution in [0.1, 0.15) is 32.1 Å². The molecular formula is C15H20FN5O. The zero-order chi connectivity index (χ0) is 15.8. The minimum atomic E-state index is -0.466. The number of carbonyl (C=O) groups excluding carboxylic acids is 1. The highest BCUT2D eigenvalue weighted by atomic mass is 19.1. The number of aromatic nitrogens is 3. The lowest BCUT2D eigenvalue weighted by Crippen LogP contribution is -2.11. The van der Waals surface area contributed by atoms with Crippen LogP contribution >= 0.6 is 0 Å². The molecular weight excluding hydrogens is 285 g/mol. The van der Waals surface area contributed by atoms with E-state index in [-0.39, 0.29) is 11.6 Å². The number of carbonyl (C=O) groups is 1. The van der Waals surface area contributed by atoms with Gasteiger partial charge in [-0.3, -0.25) is 4.79 Å². The first-order chi connectivity index (χ1) is 10.7. The van der Waals surface area contributed by atoms with E-state index < -0.39 is 5.82 Å². The van der Waals surface area contributed by atoms with Gasteiger partial charge in [0.1, 0.15) is 18.3 Å². The Morgan fingerprint density at radius 1 is 1.27 bits per heavy atom. The molecule has 1 aromatic heterocycles. The highest BCUT2D eigenvalue weighted by Gasteiger charge is 2.08. The molecule has 0 saturated carbocycles. The summed E-state index contributed by atoms with van der Waals surface area (Å²) >= 11 is 0. The fourth-order valence-electron chi connectivity index (χ4n) is 2.11. The van der Waals surface area contributed by atoms with Crippen molar-refractivity contribution >= 4 is 11.6 Å². The van der Waals surface area contributed by atoms with Crippen molar-refractivity contribution in [1.82, 2.24) is 14.8 Å². The predicted molar refractivity (Wildman–Crippen MR) is 82.1 cm³/mol. The molecule has 0 fully saturated rings. The molecule has 0 radical (unpaired) electrons. The molecule has 3 N–H and O–H groups in total. The smallest absolute Gasteiger partial charge is 0.224 e. The van der Waals surface area contributed by atoms with Crippen LogP contribution in [0.5, 0.6) is 0 Å². The molecule has 7 heteroatoms. The van der Waals surface area contributed by atoms with E-state index >= 15 is 0 Å². The maximum absolute atomic E-state index is 14.0. The number of halogens is 1. The van der Waals surface area contributed by atoms with Crippen molar-refractivity contribution in [3.05, 3.63) is 36.7 Å². The number of nitrogens with one attached hydrogen (secondary N) is 1. The molecule has 0 atom stereocenters. The first-order valence-corrected chi connectivity index (χ1v) is 7.35. The SMILES string of the molecule is NCCCCCCC(=O)Nc1ccc(-n2cncn2)c(F)c1. The van der Waals surface area contributed by atoms with Gasteiger partial charge in [0.25, 0.3) is 0 Å². The number of amides is 1. The van der Waals surface area contributed by atoms with E-state index in [1.54, 1.807) is 12.1 Å². The van der Waals surface area contributed by atoms with Crippen LogP contribution in [0, 0.1) is 5.82 Å². The van der Waals surface area contributed by atoms with Gasteiger partial charge in [0.05, 0.1) is 0 Å². The molecule has 1 amide bonds. The van der Waals surface area contributed by atoms with E-state index in [9.17, 15) is 9.18 Å². The van der Waals surface area contributed by atoms with Crippen molar-refractivity contribution < 1.29 is 9.18 Å². The minimum Gasteiger partial charge on any atom is -0.330 e. The zero-order valence-electron chi connectivity index (χ0n) is 12.3. The van der Waals surface area contributed by atoms with Gasteiger partial charge < -0.3 is 11.1 Å². The number of rotatable bonds is 8. The van der Waals surface area contributed by atoms with Crippen LogP contribution in [0.4, 0.5) is 10.1 Å². The lowest BCUT2D eigenvalue weighted by Gasteiger charge is -2.08. The van der Waals surface area contributed by atoms with Crippen LogP contribution in [0.25, 0.3) is 5.69 Å². The summed E-state index contributed by atoms with van der Waals surface area (Å²) in [6.07, 6.45) is 6.98. The van der Waals surface area contributed by atoms with Crippen molar-refractivity contribution in [2.24, 2.45) is 5.73 Å². The number of benzene rings is 1. The fourth-order valence-corrected chi connectivity index (χ4v) is 2.11. The summed E-state index contributed by atoms with van der Waals surface area (Å²) in [7, 11) is 0. The highest BCUT2D eigenvalue weighted by Crippen LogP contribution is 2.17. The van der Waals surface area contributed by atoms with Crippen LogP contribution in [-0.4, -0.2) is 27.2 Å². The Hall–Kier alpha value is -2.28. The quantitative estimate of drug-likeness (QED) is 0.732. The Balaban J connectivity index is 1.85. The third-order valence-corrected chi connectivity index (χ3v) is 3.25. The number of hydrogen-bond donors (Lipinski definition) is 2. The number of nitrogens with zero attached hydrogens (tertiary/aromatic N) is 3.